The van der Waals surface area contributed by atoms with Gasteiger partial charge in [0.15, 0.2) is 18.1 Å². The lowest BCUT2D eigenvalue weighted by Gasteiger charge is -2.13. The SMILES string of the molecule is CCOc1cc(/C=C2\SC(=O)N(Cc3ccc(Cl)c(Cl)c3)C2=O)ccc1OCC(=O)Nc1ccc(C)c(Cl)c1. The van der Waals surface area contributed by atoms with Crippen LogP contribution in [0.25, 0.3) is 6.08 Å². The second-order valence-corrected chi connectivity index (χ2v) is 10.7. The number of anilines is 1. The van der Waals surface area contributed by atoms with Gasteiger partial charge in [0, 0.05) is 10.7 Å². The van der Waals surface area contributed by atoms with E-state index in [9.17, 15) is 14.4 Å². The summed E-state index contributed by atoms with van der Waals surface area (Å²) in [6.07, 6.45) is 1.61. The van der Waals surface area contributed by atoms with Crippen LogP contribution in [0.1, 0.15) is 23.6 Å². The molecule has 0 aromatic heterocycles. The lowest BCUT2D eigenvalue weighted by atomic mass is 10.1. The number of amides is 3. The molecule has 1 heterocycles. The molecule has 1 N–H and O–H groups in total. The van der Waals surface area contributed by atoms with Crippen molar-refractivity contribution in [3.05, 3.63) is 91.3 Å². The van der Waals surface area contributed by atoms with Crippen LogP contribution in [0.2, 0.25) is 15.1 Å². The van der Waals surface area contributed by atoms with Gasteiger partial charge in [0.1, 0.15) is 0 Å². The highest BCUT2D eigenvalue weighted by Crippen LogP contribution is 2.36. The highest BCUT2D eigenvalue weighted by atomic mass is 35.5. The summed E-state index contributed by atoms with van der Waals surface area (Å²) in [5, 5.41) is 3.64. The van der Waals surface area contributed by atoms with E-state index in [0.717, 1.165) is 22.2 Å². The Balaban J connectivity index is 1.44. The third-order valence-electron chi connectivity index (χ3n) is 5.58. The number of hydrogen-bond acceptors (Lipinski definition) is 6. The van der Waals surface area contributed by atoms with Gasteiger partial charge in [-0.1, -0.05) is 53.0 Å². The van der Waals surface area contributed by atoms with Crippen molar-refractivity contribution < 1.29 is 23.9 Å². The number of hydrogen-bond donors (Lipinski definition) is 1. The molecule has 0 atom stereocenters. The fourth-order valence-corrected chi connectivity index (χ4v) is 4.96. The number of carbonyl (C=O) groups excluding carboxylic acids is 3. The molecule has 1 saturated heterocycles. The summed E-state index contributed by atoms with van der Waals surface area (Å²) in [5.41, 5.74) is 2.78. The van der Waals surface area contributed by atoms with E-state index >= 15 is 0 Å². The van der Waals surface area contributed by atoms with Crippen LogP contribution >= 0.6 is 46.6 Å². The van der Waals surface area contributed by atoms with Gasteiger partial charge < -0.3 is 14.8 Å². The maximum Gasteiger partial charge on any atom is 0.293 e. The number of halogens is 3. The molecule has 39 heavy (non-hydrogen) atoms. The molecular formula is C28H23Cl3N2O5S. The van der Waals surface area contributed by atoms with Gasteiger partial charge in [-0.2, -0.15) is 0 Å². The predicted octanol–water partition coefficient (Wildman–Crippen LogP) is 7.61. The van der Waals surface area contributed by atoms with E-state index < -0.39 is 5.91 Å². The van der Waals surface area contributed by atoms with E-state index in [1.807, 2.05) is 19.9 Å². The van der Waals surface area contributed by atoms with Crippen molar-refractivity contribution in [2.24, 2.45) is 0 Å². The highest BCUT2D eigenvalue weighted by Gasteiger charge is 2.35. The van der Waals surface area contributed by atoms with E-state index in [-0.39, 0.29) is 29.2 Å². The summed E-state index contributed by atoms with van der Waals surface area (Å²) < 4.78 is 11.4. The zero-order chi connectivity index (χ0) is 28.1. The molecule has 0 saturated carbocycles. The molecule has 7 nitrogen and oxygen atoms in total. The number of rotatable bonds is 9. The topological polar surface area (TPSA) is 84.9 Å². The fourth-order valence-electron chi connectivity index (χ4n) is 3.62. The standard InChI is InChI=1S/C28H23Cl3N2O5S/c1-3-37-24-11-17(6-9-23(24)38-15-26(34)32-19-7-4-16(2)21(30)13-19)12-25-27(35)33(28(36)39-25)14-18-5-8-20(29)22(31)10-18/h4-13H,3,14-15H2,1-2H3,(H,32,34)/b25-12-. The van der Waals surface area contributed by atoms with Crippen molar-refractivity contribution in [2.45, 2.75) is 20.4 Å². The fraction of sp³-hybridized carbons (Fsp3) is 0.179. The van der Waals surface area contributed by atoms with Crippen LogP contribution in [0.15, 0.2) is 59.5 Å². The number of carbonyl (C=O) groups is 3. The van der Waals surface area contributed by atoms with Crippen LogP contribution in [-0.2, 0) is 16.1 Å². The highest BCUT2D eigenvalue weighted by molar-refractivity contribution is 8.18. The Morgan fingerprint density at radius 1 is 0.949 bits per heavy atom. The maximum absolute atomic E-state index is 13.0. The summed E-state index contributed by atoms with van der Waals surface area (Å²) in [6.45, 7) is 3.87. The van der Waals surface area contributed by atoms with E-state index in [4.69, 9.17) is 44.3 Å². The average Bonchev–Trinajstić information content (AvgIpc) is 3.15. The zero-order valence-electron chi connectivity index (χ0n) is 20.9. The van der Waals surface area contributed by atoms with Gasteiger partial charge >= 0.3 is 0 Å². The van der Waals surface area contributed by atoms with Gasteiger partial charge in [-0.05, 0) is 84.8 Å². The van der Waals surface area contributed by atoms with Crippen LogP contribution in [0.3, 0.4) is 0 Å². The van der Waals surface area contributed by atoms with Gasteiger partial charge in [0.25, 0.3) is 17.1 Å². The minimum atomic E-state index is -0.415. The Labute approximate surface area is 245 Å². The van der Waals surface area contributed by atoms with Crippen LogP contribution < -0.4 is 14.8 Å². The van der Waals surface area contributed by atoms with Crippen LogP contribution in [0.4, 0.5) is 10.5 Å². The summed E-state index contributed by atoms with van der Waals surface area (Å²) in [4.78, 5) is 39.3. The van der Waals surface area contributed by atoms with Crippen molar-refractivity contribution in [3.8, 4) is 11.5 Å². The Hall–Kier alpha value is -3.17. The molecule has 0 aliphatic carbocycles. The summed E-state index contributed by atoms with van der Waals surface area (Å²) in [6, 6.07) is 15.2. The molecule has 11 heteroatoms. The molecular weight excluding hydrogens is 583 g/mol. The molecule has 202 valence electrons. The molecule has 4 rings (SSSR count). The van der Waals surface area contributed by atoms with Gasteiger partial charge in [-0.15, -0.1) is 0 Å². The van der Waals surface area contributed by atoms with E-state index in [1.54, 1.807) is 54.6 Å². The Morgan fingerprint density at radius 2 is 1.74 bits per heavy atom. The molecule has 0 spiro atoms. The number of nitrogens with zero attached hydrogens (tertiary/aromatic N) is 1. The van der Waals surface area contributed by atoms with Crippen molar-refractivity contribution in [2.75, 3.05) is 18.5 Å². The molecule has 3 aromatic carbocycles. The Bertz CT molecular complexity index is 1480. The molecule has 1 aliphatic rings. The monoisotopic (exact) mass is 604 g/mol. The minimum absolute atomic E-state index is 0.0761. The average molecular weight is 606 g/mol. The molecule has 0 radical (unpaired) electrons. The summed E-state index contributed by atoms with van der Waals surface area (Å²) >= 11 is 19.0. The largest absolute Gasteiger partial charge is 0.490 e. The first-order valence-corrected chi connectivity index (χ1v) is 13.7. The first-order chi connectivity index (χ1) is 18.6. The summed E-state index contributed by atoms with van der Waals surface area (Å²) in [7, 11) is 0. The molecule has 1 aliphatic heterocycles. The second-order valence-electron chi connectivity index (χ2n) is 8.46. The van der Waals surface area contributed by atoms with E-state index in [2.05, 4.69) is 5.32 Å². The van der Waals surface area contributed by atoms with Crippen molar-refractivity contribution in [3.63, 3.8) is 0 Å². The predicted molar refractivity (Wildman–Crippen MR) is 156 cm³/mol. The maximum atomic E-state index is 13.0. The number of ether oxygens (including phenoxy) is 2. The molecule has 3 aromatic rings. The van der Waals surface area contributed by atoms with Crippen molar-refractivity contribution in [1.29, 1.82) is 0 Å². The third kappa shape index (κ3) is 7.28. The number of benzene rings is 3. The number of aryl methyl sites for hydroxylation is 1. The summed E-state index contributed by atoms with van der Waals surface area (Å²) in [5.74, 6) is -0.0226. The molecule has 1 fully saturated rings. The first kappa shape index (κ1) is 28.8. The van der Waals surface area contributed by atoms with Gasteiger partial charge in [0.05, 0.1) is 28.1 Å². The van der Waals surface area contributed by atoms with Crippen molar-refractivity contribution >= 4 is 75.4 Å². The van der Waals surface area contributed by atoms with E-state index in [1.165, 1.54) is 0 Å². The molecule has 0 bridgehead atoms. The second kappa shape index (κ2) is 12.8. The van der Waals surface area contributed by atoms with Gasteiger partial charge in [0.2, 0.25) is 0 Å². The van der Waals surface area contributed by atoms with Crippen LogP contribution in [0.5, 0.6) is 11.5 Å². The lowest BCUT2D eigenvalue weighted by molar-refractivity contribution is -0.123. The smallest absolute Gasteiger partial charge is 0.293 e. The lowest BCUT2D eigenvalue weighted by Crippen LogP contribution is -2.27. The van der Waals surface area contributed by atoms with Gasteiger partial charge in [-0.3, -0.25) is 19.3 Å². The number of nitrogens with one attached hydrogen (secondary N) is 1. The number of thioether (sulfide) groups is 1. The quantitative estimate of drug-likeness (QED) is 0.253. The molecule has 0 unspecified atom stereocenters. The first-order valence-electron chi connectivity index (χ1n) is 11.8. The number of imide groups is 1. The Kier molecular flexibility index (Phi) is 9.45. The normalized spacial score (nSPS) is 14.2. The Morgan fingerprint density at radius 3 is 2.46 bits per heavy atom. The van der Waals surface area contributed by atoms with Crippen LogP contribution in [0, 0.1) is 6.92 Å². The van der Waals surface area contributed by atoms with E-state index in [0.29, 0.717) is 50.0 Å². The van der Waals surface area contributed by atoms with Gasteiger partial charge in [-0.25, -0.2) is 0 Å². The third-order valence-corrected chi connectivity index (χ3v) is 7.63. The van der Waals surface area contributed by atoms with Crippen LogP contribution in [-0.4, -0.2) is 35.2 Å². The zero-order valence-corrected chi connectivity index (χ0v) is 24.0. The minimum Gasteiger partial charge on any atom is -0.490 e. The molecule has 3 amide bonds. The van der Waals surface area contributed by atoms with Crippen molar-refractivity contribution in [1.82, 2.24) is 4.90 Å².